The number of hydrogen-bond donors (Lipinski definition) is 2. The minimum absolute atomic E-state index is 0.0530. The number of methoxy groups -OCH3 is 1. The molecule has 4 aromatic rings. The van der Waals surface area contributed by atoms with E-state index in [1.54, 1.807) is 55.5 Å². The number of alkyl halides is 3. The second kappa shape index (κ2) is 9.58. The minimum atomic E-state index is -4.70. The van der Waals surface area contributed by atoms with Crippen LogP contribution in [0.3, 0.4) is 0 Å². The van der Waals surface area contributed by atoms with Crippen molar-refractivity contribution in [3.8, 4) is 34.5 Å². The van der Waals surface area contributed by atoms with Crippen LogP contribution in [0.4, 0.5) is 13.2 Å². The number of rotatable bonds is 7. The summed E-state index contributed by atoms with van der Waals surface area (Å²) in [6.07, 6.45) is -4.70. The van der Waals surface area contributed by atoms with Crippen molar-refractivity contribution in [3.05, 3.63) is 65.9 Å². The Morgan fingerprint density at radius 2 is 1.89 bits per heavy atom. The average Bonchev–Trinajstić information content (AvgIpc) is 3.50. The van der Waals surface area contributed by atoms with Crippen molar-refractivity contribution in [3.63, 3.8) is 0 Å². The zero-order valence-electron chi connectivity index (χ0n) is 18.7. The smallest absolute Gasteiger partial charge is 0.435 e. The summed E-state index contributed by atoms with van der Waals surface area (Å²) in [5, 5.41) is 14.3. The maximum atomic E-state index is 13.5. The SMILES string of the molecule is COc1ccccc1-c1nnc(-c2cc(C(F)(F)F)nn2-c2cccc(CNC(=O)[C@H](C)N)c2)o1. The zero-order chi connectivity index (χ0) is 25.2. The highest BCUT2D eigenvalue weighted by Gasteiger charge is 2.36. The van der Waals surface area contributed by atoms with E-state index >= 15 is 0 Å². The highest BCUT2D eigenvalue weighted by atomic mass is 19.4. The molecule has 2 heterocycles. The van der Waals surface area contributed by atoms with Crippen LogP contribution in [0.15, 0.2) is 59.0 Å². The first-order valence-electron chi connectivity index (χ1n) is 10.4. The molecular weight excluding hydrogens is 465 g/mol. The lowest BCUT2D eigenvalue weighted by Crippen LogP contribution is -2.37. The van der Waals surface area contributed by atoms with Crippen LogP contribution < -0.4 is 15.8 Å². The molecule has 3 N–H and O–H groups in total. The highest BCUT2D eigenvalue weighted by Crippen LogP contribution is 2.35. The Labute approximate surface area is 197 Å². The molecule has 35 heavy (non-hydrogen) atoms. The van der Waals surface area contributed by atoms with Crippen molar-refractivity contribution in [2.24, 2.45) is 5.73 Å². The predicted octanol–water partition coefficient (Wildman–Crippen LogP) is 3.58. The van der Waals surface area contributed by atoms with E-state index in [0.29, 0.717) is 22.6 Å². The van der Waals surface area contributed by atoms with Gasteiger partial charge >= 0.3 is 6.18 Å². The van der Waals surface area contributed by atoms with Crippen LogP contribution in [0.1, 0.15) is 18.2 Å². The fourth-order valence-corrected chi connectivity index (χ4v) is 3.27. The van der Waals surface area contributed by atoms with Crippen molar-refractivity contribution >= 4 is 5.91 Å². The Balaban J connectivity index is 1.74. The third-order valence-corrected chi connectivity index (χ3v) is 5.02. The molecule has 0 fully saturated rings. The summed E-state index contributed by atoms with van der Waals surface area (Å²) in [4.78, 5) is 11.8. The Hall–Kier alpha value is -4.19. The van der Waals surface area contributed by atoms with Crippen LogP contribution in [0.5, 0.6) is 5.75 Å². The van der Waals surface area contributed by atoms with E-state index in [4.69, 9.17) is 14.9 Å². The summed E-state index contributed by atoms with van der Waals surface area (Å²) >= 11 is 0. The first kappa shape index (κ1) is 24.0. The van der Waals surface area contributed by atoms with Gasteiger partial charge in [-0.3, -0.25) is 4.79 Å². The van der Waals surface area contributed by atoms with Gasteiger partial charge in [0.1, 0.15) is 11.4 Å². The Morgan fingerprint density at radius 3 is 2.60 bits per heavy atom. The van der Waals surface area contributed by atoms with E-state index in [1.807, 2.05) is 0 Å². The number of halogens is 3. The molecule has 0 aliphatic carbocycles. The number of aromatic nitrogens is 4. The van der Waals surface area contributed by atoms with E-state index in [0.717, 1.165) is 10.7 Å². The molecule has 182 valence electrons. The van der Waals surface area contributed by atoms with Crippen LogP contribution in [0, 0.1) is 0 Å². The number of carbonyl (C=O) groups is 1. The molecule has 2 aromatic heterocycles. The van der Waals surface area contributed by atoms with Gasteiger partial charge in [-0.15, -0.1) is 10.2 Å². The van der Waals surface area contributed by atoms with Gasteiger partial charge in [-0.1, -0.05) is 24.3 Å². The summed E-state index contributed by atoms with van der Waals surface area (Å²) in [7, 11) is 1.48. The van der Waals surface area contributed by atoms with Gasteiger partial charge in [0.15, 0.2) is 5.69 Å². The third kappa shape index (κ3) is 5.17. The fraction of sp³-hybridized carbons (Fsp3) is 0.217. The molecule has 1 atom stereocenters. The van der Waals surface area contributed by atoms with Gasteiger partial charge in [0, 0.05) is 12.6 Å². The van der Waals surface area contributed by atoms with Gasteiger partial charge in [0.05, 0.1) is 24.4 Å². The summed E-state index contributed by atoms with van der Waals surface area (Å²) in [6.45, 7) is 1.68. The normalized spacial score (nSPS) is 12.4. The van der Waals surface area contributed by atoms with Crippen molar-refractivity contribution in [1.29, 1.82) is 0 Å². The fourth-order valence-electron chi connectivity index (χ4n) is 3.27. The van der Waals surface area contributed by atoms with Crippen molar-refractivity contribution in [2.45, 2.75) is 25.7 Å². The van der Waals surface area contributed by atoms with Gasteiger partial charge in [-0.25, -0.2) is 4.68 Å². The lowest BCUT2D eigenvalue weighted by molar-refractivity contribution is -0.141. The maximum absolute atomic E-state index is 13.5. The summed E-state index contributed by atoms with van der Waals surface area (Å²) in [5.74, 6) is 0.0219. The molecule has 9 nitrogen and oxygen atoms in total. The number of amides is 1. The second-order valence-corrected chi connectivity index (χ2v) is 7.61. The topological polar surface area (TPSA) is 121 Å². The number of ether oxygens (including phenoxy) is 1. The first-order chi connectivity index (χ1) is 16.7. The molecule has 12 heteroatoms. The molecule has 0 aliphatic rings. The highest BCUT2D eigenvalue weighted by molar-refractivity contribution is 5.80. The quantitative estimate of drug-likeness (QED) is 0.410. The van der Waals surface area contributed by atoms with E-state index < -0.39 is 17.9 Å². The minimum Gasteiger partial charge on any atom is -0.496 e. The first-order valence-corrected chi connectivity index (χ1v) is 10.4. The molecule has 0 radical (unpaired) electrons. The van der Waals surface area contributed by atoms with Crippen molar-refractivity contribution in [1.82, 2.24) is 25.3 Å². The molecule has 0 saturated heterocycles. The van der Waals surface area contributed by atoms with E-state index in [9.17, 15) is 18.0 Å². The monoisotopic (exact) mass is 486 g/mol. The average molecular weight is 486 g/mol. The summed E-state index contributed by atoms with van der Waals surface area (Å²) in [6, 6.07) is 13.5. The molecule has 0 spiro atoms. The number of carbonyl (C=O) groups excluding carboxylic acids is 1. The van der Waals surface area contributed by atoms with E-state index in [-0.39, 0.29) is 29.9 Å². The molecule has 0 bridgehead atoms. The lowest BCUT2D eigenvalue weighted by atomic mass is 10.2. The molecule has 0 saturated carbocycles. The Bertz CT molecular complexity index is 1350. The molecular formula is C23H21F3N6O3. The Kier molecular flexibility index (Phi) is 6.56. The number of nitrogens with one attached hydrogen (secondary N) is 1. The second-order valence-electron chi connectivity index (χ2n) is 7.61. The zero-order valence-corrected chi connectivity index (χ0v) is 18.7. The van der Waals surface area contributed by atoms with Crippen LogP contribution in [0.25, 0.3) is 28.7 Å². The van der Waals surface area contributed by atoms with Gasteiger partial charge in [0.25, 0.3) is 11.8 Å². The standard InChI is InChI=1S/C23H21F3N6O3/c1-13(27)20(33)28-12-14-6-5-7-15(10-14)32-17(11-19(31-32)23(24,25)26)22-30-29-21(35-22)16-8-3-4-9-18(16)34-2/h3-11,13H,12,27H2,1-2H3,(H,28,33)/t13-/m0/s1. The van der Waals surface area contributed by atoms with Gasteiger partial charge in [-0.05, 0) is 36.8 Å². The van der Waals surface area contributed by atoms with Gasteiger partial charge in [0.2, 0.25) is 5.91 Å². The molecule has 2 aromatic carbocycles. The van der Waals surface area contributed by atoms with Crippen LogP contribution in [0.2, 0.25) is 0 Å². The van der Waals surface area contributed by atoms with E-state index in [2.05, 4.69) is 20.6 Å². The van der Waals surface area contributed by atoms with Crippen LogP contribution in [-0.2, 0) is 17.5 Å². The molecule has 0 unspecified atom stereocenters. The number of nitrogens with two attached hydrogens (primary N) is 1. The summed E-state index contributed by atoms with van der Waals surface area (Å²) in [5.41, 5.74) is 5.79. The molecule has 1 amide bonds. The number of para-hydroxylation sites is 1. The Morgan fingerprint density at radius 1 is 1.14 bits per heavy atom. The number of nitrogens with zero attached hydrogens (tertiary/aromatic N) is 4. The third-order valence-electron chi connectivity index (χ3n) is 5.02. The maximum Gasteiger partial charge on any atom is 0.435 e. The van der Waals surface area contributed by atoms with Crippen molar-refractivity contribution < 1.29 is 27.1 Å². The van der Waals surface area contributed by atoms with Crippen LogP contribution >= 0.6 is 0 Å². The predicted molar refractivity (Wildman–Crippen MR) is 119 cm³/mol. The molecule has 4 rings (SSSR count). The van der Waals surface area contributed by atoms with Crippen LogP contribution in [-0.4, -0.2) is 39.0 Å². The molecule has 0 aliphatic heterocycles. The van der Waals surface area contributed by atoms with E-state index in [1.165, 1.54) is 7.11 Å². The number of benzene rings is 2. The van der Waals surface area contributed by atoms with Crippen molar-refractivity contribution in [2.75, 3.05) is 7.11 Å². The largest absolute Gasteiger partial charge is 0.496 e. The lowest BCUT2D eigenvalue weighted by Gasteiger charge is -2.10. The number of hydrogen-bond acceptors (Lipinski definition) is 7. The summed E-state index contributed by atoms with van der Waals surface area (Å²) < 4.78 is 52.7. The van der Waals surface area contributed by atoms with Gasteiger partial charge < -0.3 is 20.2 Å². The van der Waals surface area contributed by atoms with Gasteiger partial charge in [-0.2, -0.15) is 18.3 Å².